The molecule has 0 unspecified atom stereocenters. The quantitative estimate of drug-likeness (QED) is 0.849. The molecule has 1 fully saturated rings. The Morgan fingerprint density at radius 2 is 2.15 bits per heavy atom. The van der Waals surface area contributed by atoms with Crippen molar-refractivity contribution in [1.82, 2.24) is 20.1 Å². The number of halogens is 3. The second-order valence-electron chi connectivity index (χ2n) is 4.81. The van der Waals surface area contributed by atoms with Gasteiger partial charge >= 0.3 is 0 Å². The van der Waals surface area contributed by atoms with E-state index in [1.807, 2.05) is 0 Å². The van der Waals surface area contributed by atoms with Crippen molar-refractivity contribution >= 4 is 15.9 Å². The van der Waals surface area contributed by atoms with E-state index in [4.69, 9.17) is 0 Å². The van der Waals surface area contributed by atoms with Gasteiger partial charge in [0.25, 0.3) is 0 Å². The molecule has 2 aromatic rings. The largest absolute Gasteiger partial charge is 0.307 e. The van der Waals surface area contributed by atoms with Crippen molar-refractivity contribution in [3.05, 3.63) is 46.0 Å². The van der Waals surface area contributed by atoms with Crippen LogP contribution in [0.15, 0.2) is 22.9 Å². The van der Waals surface area contributed by atoms with Crippen molar-refractivity contribution in [2.24, 2.45) is 0 Å². The number of hydrogen-bond acceptors (Lipinski definition) is 3. The van der Waals surface area contributed by atoms with Crippen LogP contribution in [-0.4, -0.2) is 20.8 Å². The van der Waals surface area contributed by atoms with Gasteiger partial charge in [-0.15, -0.1) is 0 Å². The summed E-state index contributed by atoms with van der Waals surface area (Å²) >= 11 is 3.06. The fourth-order valence-electron chi connectivity index (χ4n) is 1.94. The van der Waals surface area contributed by atoms with Crippen LogP contribution in [0.25, 0.3) is 0 Å². The molecule has 0 atom stereocenters. The van der Waals surface area contributed by atoms with Crippen molar-refractivity contribution in [2.75, 3.05) is 0 Å². The summed E-state index contributed by atoms with van der Waals surface area (Å²) in [5.74, 6) is -0.500. The zero-order valence-electron chi connectivity index (χ0n) is 10.6. The van der Waals surface area contributed by atoms with Crippen molar-refractivity contribution < 1.29 is 8.78 Å². The van der Waals surface area contributed by atoms with Crippen LogP contribution in [0.1, 0.15) is 24.2 Å². The monoisotopic (exact) mass is 342 g/mol. The fourth-order valence-corrected chi connectivity index (χ4v) is 2.32. The van der Waals surface area contributed by atoms with Gasteiger partial charge in [0.15, 0.2) is 0 Å². The van der Waals surface area contributed by atoms with Gasteiger partial charge < -0.3 is 5.32 Å². The van der Waals surface area contributed by atoms with Crippen LogP contribution < -0.4 is 5.32 Å². The normalized spacial score (nSPS) is 14.8. The number of hydrogen-bond donors (Lipinski definition) is 1. The van der Waals surface area contributed by atoms with Crippen LogP contribution in [0.5, 0.6) is 0 Å². The first-order valence-corrected chi connectivity index (χ1v) is 7.17. The number of nitrogens with zero attached hydrogens (tertiary/aromatic N) is 3. The van der Waals surface area contributed by atoms with E-state index in [-0.39, 0.29) is 16.6 Å². The average molecular weight is 343 g/mol. The van der Waals surface area contributed by atoms with Gasteiger partial charge in [-0.25, -0.2) is 18.4 Å². The van der Waals surface area contributed by atoms with Gasteiger partial charge in [0.2, 0.25) is 0 Å². The highest BCUT2D eigenvalue weighted by molar-refractivity contribution is 9.10. The number of rotatable bonds is 5. The molecule has 0 saturated heterocycles. The minimum Gasteiger partial charge on any atom is -0.307 e. The van der Waals surface area contributed by atoms with Gasteiger partial charge in [-0.2, -0.15) is 5.10 Å². The Kier molecular flexibility index (Phi) is 3.80. The molecule has 1 aromatic carbocycles. The highest BCUT2D eigenvalue weighted by Crippen LogP contribution is 2.23. The third kappa shape index (κ3) is 2.88. The lowest BCUT2D eigenvalue weighted by molar-refractivity contribution is 0.514. The smallest absolute Gasteiger partial charge is 0.145 e. The molecule has 0 amide bonds. The second-order valence-corrected chi connectivity index (χ2v) is 5.67. The number of aromatic nitrogens is 3. The minimum atomic E-state index is -0.596. The summed E-state index contributed by atoms with van der Waals surface area (Å²) in [4.78, 5) is 4.13. The molecule has 1 aromatic heterocycles. The summed E-state index contributed by atoms with van der Waals surface area (Å²) in [5.41, 5.74) is -0.0162. The SMILES string of the molecule is Fc1ccc(Br)c(F)c1Cn1ncnc1CNC1CC1. The lowest BCUT2D eigenvalue weighted by atomic mass is 10.2. The highest BCUT2D eigenvalue weighted by Gasteiger charge is 2.21. The zero-order chi connectivity index (χ0) is 14.1. The van der Waals surface area contributed by atoms with Crippen LogP contribution in [0.2, 0.25) is 0 Å². The second kappa shape index (κ2) is 5.57. The summed E-state index contributed by atoms with van der Waals surface area (Å²) in [6.45, 7) is 0.584. The van der Waals surface area contributed by atoms with Gasteiger partial charge in [-0.05, 0) is 40.9 Å². The third-order valence-electron chi connectivity index (χ3n) is 3.27. The molecule has 4 nitrogen and oxygen atoms in total. The first-order valence-electron chi connectivity index (χ1n) is 6.37. The molecule has 1 N–H and O–H groups in total. The van der Waals surface area contributed by atoms with Crippen LogP contribution >= 0.6 is 15.9 Å². The summed E-state index contributed by atoms with van der Waals surface area (Å²) in [5, 5.41) is 7.34. The lowest BCUT2D eigenvalue weighted by Crippen LogP contribution is -2.20. The zero-order valence-corrected chi connectivity index (χ0v) is 12.2. The maximum absolute atomic E-state index is 13.9. The van der Waals surface area contributed by atoms with Gasteiger partial charge in [-0.1, -0.05) is 0 Å². The molecule has 20 heavy (non-hydrogen) atoms. The topological polar surface area (TPSA) is 42.7 Å². The average Bonchev–Trinajstić information content (AvgIpc) is 3.16. The molecule has 1 aliphatic carbocycles. The van der Waals surface area contributed by atoms with Crippen molar-refractivity contribution in [3.63, 3.8) is 0 Å². The Morgan fingerprint density at radius 1 is 1.35 bits per heavy atom. The van der Waals surface area contributed by atoms with E-state index in [1.165, 1.54) is 36.0 Å². The summed E-state index contributed by atoms with van der Waals surface area (Å²) in [6, 6.07) is 3.13. The first kappa shape index (κ1) is 13.6. The molecule has 3 rings (SSSR count). The maximum Gasteiger partial charge on any atom is 0.145 e. The molecule has 106 valence electrons. The minimum absolute atomic E-state index is 0.0162. The van der Waals surface area contributed by atoms with Crippen LogP contribution in [0.4, 0.5) is 8.78 Å². The summed E-state index contributed by atoms with van der Waals surface area (Å²) in [6.07, 6.45) is 3.74. The van der Waals surface area contributed by atoms with Crippen LogP contribution in [0.3, 0.4) is 0 Å². The van der Waals surface area contributed by atoms with E-state index in [9.17, 15) is 8.78 Å². The number of nitrogens with one attached hydrogen (secondary N) is 1. The van der Waals surface area contributed by atoms with E-state index in [2.05, 4.69) is 31.3 Å². The Bertz CT molecular complexity index is 625. The standard InChI is InChI=1S/C13H13BrF2N4/c14-10-3-4-11(15)9(13(10)16)6-20-12(18-7-19-20)5-17-8-1-2-8/h3-4,7-8,17H,1-2,5-6H2. The molecule has 1 heterocycles. The molecular formula is C13H13BrF2N4. The molecule has 1 aliphatic rings. The number of benzene rings is 1. The Hall–Kier alpha value is -1.34. The molecule has 0 radical (unpaired) electrons. The van der Waals surface area contributed by atoms with Gasteiger partial charge in [-0.3, -0.25) is 0 Å². The predicted octanol–water partition coefficient (Wildman–Crippen LogP) is 2.62. The first-order chi connectivity index (χ1) is 9.65. The molecule has 0 spiro atoms. The van der Waals surface area contributed by atoms with Gasteiger partial charge in [0.1, 0.15) is 23.8 Å². The van der Waals surface area contributed by atoms with E-state index >= 15 is 0 Å². The van der Waals surface area contributed by atoms with Gasteiger partial charge in [0.05, 0.1) is 17.6 Å². The van der Waals surface area contributed by atoms with Crippen molar-refractivity contribution in [3.8, 4) is 0 Å². The van der Waals surface area contributed by atoms with Crippen LogP contribution in [0, 0.1) is 11.6 Å². The third-order valence-corrected chi connectivity index (χ3v) is 3.88. The van der Waals surface area contributed by atoms with Crippen LogP contribution in [-0.2, 0) is 13.1 Å². The maximum atomic E-state index is 13.9. The van der Waals surface area contributed by atoms with Crippen molar-refractivity contribution in [1.29, 1.82) is 0 Å². The summed E-state index contributed by atoms with van der Waals surface area (Å²) < 4.78 is 29.4. The Morgan fingerprint density at radius 3 is 2.90 bits per heavy atom. The van der Waals surface area contributed by atoms with Crippen molar-refractivity contribution in [2.45, 2.75) is 32.0 Å². The van der Waals surface area contributed by atoms with E-state index in [1.54, 1.807) is 0 Å². The molecule has 0 bridgehead atoms. The highest BCUT2D eigenvalue weighted by atomic mass is 79.9. The molecule has 7 heteroatoms. The molecule has 1 saturated carbocycles. The predicted molar refractivity (Wildman–Crippen MR) is 73.0 cm³/mol. The van der Waals surface area contributed by atoms with Gasteiger partial charge in [0, 0.05) is 11.6 Å². The lowest BCUT2D eigenvalue weighted by Gasteiger charge is -2.09. The Balaban J connectivity index is 1.80. The van der Waals surface area contributed by atoms with E-state index in [0.717, 1.165) is 0 Å². The Labute approximate surface area is 123 Å². The fraction of sp³-hybridized carbons (Fsp3) is 0.385. The summed E-state index contributed by atoms with van der Waals surface area (Å²) in [7, 11) is 0. The van der Waals surface area contributed by atoms with E-state index in [0.29, 0.717) is 18.4 Å². The molecular weight excluding hydrogens is 330 g/mol. The van der Waals surface area contributed by atoms with E-state index < -0.39 is 11.6 Å². The molecule has 0 aliphatic heterocycles.